The molecule has 1 rings (SSSR count). The van der Waals surface area contributed by atoms with Crippen LogP contribution in [0.15, 0.2) is 30.3 Å². The molecule has 0 aliphatic rings. The minimum absolute atomic E-state index is 0.140. The van der Waals surface area contributed by atoms with E-state index < -0.39 is 0 Å². The fraction of sp³-hybridized carbons (Fsp3) is 0.143. The average Bonchev–Trinajstić information content (AvgIpc) is 1.88. The van der Waals surface area contributed by atoms with Crippen LogP contribution < -0.4 is 0 Å². The molecule has 0 radical (unpaired) electrons. The monoisotopic (exact) mass is 136 g/mol. The van der Waals surface area contributed by atoms with E-state index in [-0.39, 0.29) is 11.4 Å². The van der Waals surface area contributed by atoms with Crippen molar-refractivity contribution in [1.82, 2.24) is 0 Å². The number of hydrogen-bond acceptors (Lipinski definition) is 2. The largest absolute Gasteiger partial charge is 0.600 e. The lowest BCUT2D eigenvalue weighted by Crippen LogP contribution is -1.96. The third-order valence-corrected chi connectivity index (χ3v) is 1.17. The van der Waals surface area contributed by atoms with Gasteiger partial charge in [0.25, 0.3) is 0 Å². The maximum absolute atomic E-state index is 10.2. The van der Waals surface area contributed by atoms with Gasteiger partial charge in [-0.05, 0) is 5.53 Å². The van der Waals surface area contributed by atoms with Gasteiger partial charge in [0, 0.05) is 5.56 Å². The van der Waals surface area contributed by atoms with Gasteiger partial charge in [-0.25, -0.2) is 0 Å². The van der Waals surface area contributed by atoms with Gasteiger partial charge in [-0.1, -0.05) is 35.2 Å². The molecule has 1 aromatic carbocycles. The van der Waals surface area contributed by atoms with E-state index in [1.807, 2.05) is 30.3 Å². The van der Waals surface area contributed by atoms with Crippen molar-refractivity contribution in [3.05, 3.63) is 41.1 Å². The molecule has 0 unspecified atom stereocenters. The second kappa shape index (κ2) is 2.96. The molecule has 0 saturated carbocycles. The van der Waals surface area contributed by atoms with Crippen LogP contribution in [-0.4, -0.2) is 4.86 Å². The van der Waals surface area contributed by atoms with Crippen LogP contribution in [0.2, 0.25) is 0 Å². The van der Waals surface area contributed by atoms with E-state index in [1.165, 1.54) is 0 Å². The summed E-state index contributed by atoms with van der Waals surface area (Å²) in [6.45, 7) is 0.140. The molecule has 0 aliphatic carbocycles. The van der Waals surface area contributed by atoms with Gasteiger partial charge in [-0.3, -0.25) is 0 Å². The summed E-state index contributed by atoms with van der Waals surface area (Å²) < 4.78 is 0. The zero-order valence-electron chi connectivity index (χ0n) is 5.45. The fourth-order valence-corrected chi connectivity index (χ4v) is 0.749. The average molecular weight is 136 g/mol. The molecule has 0 saturated heterocycles. The van der Waals surface area contributed by atoms with Crippen molar-refractivity contribution in [2.75, 3.05) is 0 Å². The maximum atomic E-state index is 10.2. The molecule has 3 heteroatoms. The first-order valence-electron chi connectivity index (χ1n) is 2.99. The van der Waals surface area contributed by atoms with Crippen LogP contribution in [0.5, 0.6) is 0 Å². The van der Waals surface area contributed by atoms with Crippen molar-refractivity contribution in [3.8, 4) is 0 Å². The van der Waals surface area contributed by atoms with E-state index in [2.05, 4.69) is 0 Å². The smallest absolute Gasteiger partial charge is 0.205 e. The van der Waals surface area contributed by atoms with E-state index in [4.69, 9.17) is 5.53 Å². The highest BCUT2D eigenvalue weighted by atomic mass is 16.5. The molecule has 0 amide bonds. The van der Waals surface area contributed by atoms with Crippen LogP contribution in [-0.2, 0) is 6.54 Å². The molecule has 0 heterocycles. The number of nitrogens with zero attached hydrogens (tertiary/aromatic N) is 1. The quantitative estimate of drug-likeness (QED) is 0.375. The van der Waals surface area contributed by atoms with E-state index in [1.54, 1.807) is 0 Å². The van der Waals surface area contributed by atoms with Crippen LogP contribution in [0.25, 0.3) is 0 Å². The van der Waals surface area contributed by atoms with Gasteiger partial charge < -0.3 is 5.21 Å². The number of hydroxylamine groups is 1. The Labute approximate surface area is 59.0 Å². The molecule has 0 spiro atoms. The molecule has 1 aromatic rings. The molecule has 52 valence electrons. The Morgan fingerprint density at radius 1 is 1.30 bits per heavy atom. The molecule has 0 bridgehead atoms. The van der Waals surface area contributed by atoms with Crippen molar-refractivity contribution in [2.24, 2.45) is 0 Å². The van der Waals surface area contributed by atoms with Gasteiger partial charge >= 0.3 is 0 Å². The Balaban J connectivity index is 2.67. The van der Waals surface area contributed by atoms with Crippen LogP contribution >= 0.6 is 0 Å². The Hall–Kier alpha value is -1.38. The summed E-state index contributed by atoms with van der Waals surface area (Å²) in [5, 5.41) is 10.2. The minimum Gasteiger partial charge on any atom is -0.600 e. The standard InChI is InChI=1S/C7H8N2O/c8-9(10)6-7-4-2-1-3-5-7/h1-5,8H,6H2. The third-order valence-electron chi connectivity index (χ3n) is 1.17. The van der Waals surface area contributed by atoms with Crippen molar-refractivity contribution in [3.63, 3.8) is 0 Å². The molecule has 0 aromatic heterocycles. The summed E-state index contributed by atoms with van der Waals surface area (Å²) in [4.78, 5) is 0.162. The Kier molecular flexibility index (Phi) is 1.99. The van der Waals surface area contributed by atoms with E-state index in [0.29, 0.717) is 0 Å². The predicted octanol–water partition coefficient (Wildman–Crippen LogP) is 1.73. The lowest BCUT2D eigenvalue weighted by atomic mass is 10.2. The summed E-state index contributed by atoms with van der Waals surface area (Å²) in [5.74, 6) is 0. The van der Waals surface area contributed by atoms with Gasteiger partial charge in [0.2, 0.25) is 6.54 Å². The van der Waals surface area contributed by atoms with Crippen molar-refractivity contribution >= 4 is 0 Å². The highest BCUT2D eigenvalue weighted by Gasteiger charge is 1.93. The highest BCUT2D eigenvalue weighted by Crippen LogP contribution is 1.98. The number of hydrogen-bond donors (Lipinski definition) is 1. The second-order valence-corrected chi connectivity index (χ2v) is 2.02. The SMILES string of the molecule is N=[N+]([O-])Cc1ccccc1. The Morgan fingerprint density at radius 2 is 1.90 bits per heavy atom. The first-order chi connectivity index (χ1) is 4.79. The Morgan fingerprint density at radius 3 is 2.40 bits per heavy atom. The predicted molar refractivity (Wildman–Crippen MR) is 36.5 cm³/mol. The summed E-state index contributed by atoms with van der Waals surface area (Å²) in [7, 11) is 0. The van der Waals surface area contributed by atoms with E-state index in [0.717, 1.165) is 5.56 Å². The summed E-state index contributed by atoms with van der Waals surface area (Å²) in [5.41, 5.74) is 7.46. The fourth-order valence-electron chi connectivity index (χ4n) is 0.749. The summed E-state index contributed by atoms with van der Waals surface area (Å²) in [6, 6.07) is 9.21. The Bertz CT molecular complexity index is 220. The molecule has 1 N–H and O–H groups in total. The zero-order chi connectivity index (χ0) is 7.40. The van der Waals surface area contributed by atoms with Gasteiger partial charge in [-0.2, -0.15) is 0 Å². The summed E-state index contributed by atoms with van der Waals surface area (Å²) in [6.07, 6.45) is 0. The number of rotatable bonds is 2. The second-order valence-electron chi connectivity index (χ2n) is 2.02. The van der Waals surface area contributed by atoms with Gasteiger partial charge in [0.15, 0.2) is 0 Å². The van der Waals surface area contributed by atoms with Crippen molar-refractivity contribution in [2.45, 2.75) is 6.54 Å². The highest BCUT2D eigenvalue weighted by molar-refractivity contribution is 5.13. The molecular weight excluding hydrogens is 128 g/mol. The lowest BCUT2D eigenvalue weighted by Gasteiger charge is -1.96. The van der Waals surface area contributed by atoms with Crippen LogP contribution in [0.4, 0.5) is 0 Å². The molecule has 0 aliphatic heterocycles. The van der Waals surface area contributed by atoms with Crippen molar-refractivity contribution < 1.29 is 4.86 Å². The van der Waals surface area contributed by atoms with Crippen molar-refractivity contribution in [1.29, 1.82) is 5.53 Å². The molecule has 3 nitrogen and oxygen atoms in total. The third kappa shape index (κ3) is 1.85. The lowest BCUT2D eigenvalue weighted by molar-refractivity contribution is -0.567. The first-order valence-corrected chi connectivity index (χ1v) is 2.99. The normalized spacial score (nSPS) is 9.20. The maximum Gasteiger partial charge on any atom is 0.205 e. The van der Waals surface area contributed by atoms with Gasteiger partial charge in [-0.15, -0.1) is 0 Å². The van der Waals surface area contributed by atoms with E-state index in [9.17, 15) is 5.21 Å². The topological polar surface area (TPSA) is 49.9 Å². The van der Waals surface area contributed by atoms with Crippen LogP contribution in [0, 0.1) is 10.7 Å². The van der Waals surface area contributed by atoms with E-state index >= 15 is 0 Å². The molecule has 10 heavy (non-hydrogen) atoms. The van der Waals surface area contributed by atoms with Gasteiger partial charge in [0.1, 0.15) is 0 Å². The zero-order valence-corrected chi connectivity index (χ0v) is 5.45. The molecular formula is C7H8N2O. The van der Waals surface area contributed by atoms with Crippen LogP contribution in [0.1, 0.15) is 5.56 Å². The van der Waals surface area contributed by atoms with Crippen LogP contribution in [0.3, 0.4) is 0 Å². The number of benzene rings is 1. The number of nitrogens with one attached hydrogen (secondary N) is 1. The minimum atomic E-state index is 0.140. The van der Waals surface area contributed by atoms with Gasteiger partial charge in [0.05, 0.1) is 0 Å². The molecule has 0 atom stereocenters. The molecule has 0 fully saturated rings. The first kappa shape index (κ1) is 6.74. The summed E-state index contributed by atoms with van der Waals surface area (Å²) >= 11 is 0.